The van der Waals surface area contributed by atoms with Gasteiger partial charge in [-0.05, 0) is 31.5 Å². The largest absolute Gasteiger partial charge is 0.326 e. The van der Waals surface area contributed by atoms with E-state index in [2.05, 4.69) is 4.72 Å². The van der Waals surface area contributed by atoms with Crippen molar-refractivity contribution in [2.75, 3.05) is 12.8 Å². The van der Waals surface area contributed by atoms with Gasteiger partial charge in [-0.2, -0.15) is 0 Å². The Morgan fingerprint density at radius 3 is 2.24 bits per heavy atom. The molecule has 0 aromatic heterocycles. The molecule has 120 valence electrons. The van der Waals surface area contributed by atoms with Crippen LogP contribution < -0.4 is 10.5 Å². The summed E-state index contributed by atoms with van der Waals surface area (Å²) in [6, 6.07) is 4.20. The highest BCUT2D eigenvalue weighted by atomic mass is 35.5. The van der Waals surface area contributed by atoms with Gasteiger partial charge in [0, 0.05) is 24.4 Å². The zero-order chi connectivity index (χ0) is 16.5. The van der Waals surface area contributed by atoms with E-state index in [4.69, 9.17) is 17.3 Å². The normalized spacial score (nSPS) is 13.4. The molecule has 0 aliphatic carbocycles. The Hall–Kier alpha value is -0.670. The molecule has 0 radical (unpaired) electrons. The zero-order valence-corrected chi connectivity index (χ0v) is 14.4. The smallest absolute Gasteiger partial charge is 0.240 e. The molecular weight excluding hydrogens is 336 g/mol. The van der Waals surface area contributed by atoms with Crippen LogP contribution in [0.4, 0.5) is 0 Å². The molecule has 0 spiro atoms. The van der Waals surface area contributed by atoms with Crippen molar-refractivity contribution in [2.24, 2.45) is 5.73 Å². The first-order valence-corrected chi connectivity index (χ1v) is 9.84. The van der Waals surface area contributed by atoms with Crippen LogP contribution in [0.15, 0.2) is 23.1 Å². The molecule has 0 heterocycles. The fourth-order valence-electron chi connectivity index (χ4n) is 1.34. The maximum absolute atomic E-state index is 12.2. The van der Waals surface area contributed by atoms with E-state index in [1.165, 1.54) is 32.0 Å². The number of nitrogens with two attached hydrogens (primary N) is 1. The molecule has 0 unspecified atom stereocenters. The van der Waals surface area contributed by atoms with E-state index in [9.17, 15) is 16.8 Å². The Labute approximate surface area is 130 Å². The van der Waals surface area contributed by atoms with Crippen molar-refractivity contribution in [3.8, 4) is 0 Å². The molecule has 3 N–H and O–H groups in total. The van der Waals surface area contributed by atoms with Gasteiger partial charge in [-0.3, -0.25) is 0 Å². The topological polar surface area (TPSA) is 106 Å². The van der Waals surface area contributed by atoms with E-state index in [0.29, 0.717) is 5.56 Å². The van der Waals surface area contributed by atoms with Crippen LogP contribution in [0.2, 0.25) is 5.02 Å². The van der Waals surface area contributed by atoms with E-state index in [0.717, 1.165) is 6.26 Å². The van der Waals surface area contributed by atoms with Crippen molar-refractivity contribution >= 4 is 31.5 Å². The molecule has 0 bridgehead atoms. The Balaban J connectivity index is 3.01. The molecule has 1 rings (SSSR count). The number of hydrogen-bond acceptors (Lipinski definition) is 5. The van der Waals surface area contributed by atoms with Crippen molar-refractivity contribution in [1.29, 1.82) is 0 Å². The molecule has 0 atom stereocenters. The highest BCUT2D eigenvalue weighted by Crippen LogP contribution is 2.21. The minimum Gasteiger partial charge on any atom is -0.326 e. The Morgan fingerprint density at radius 2 is 1.81 bits per heavy atom. The molecule has 1 aromatic carbocycles. The monoisotopic (exact) mass is 354 g/mol. The SMILES string of the molecule is CC(C)(CNS(=O)(=O)c1ccc(CN)c(Cl)c1)S(C)(=O)=O. The molecule has 0 saturated heterocycles. The summed E-state index contributed by atoms with van der Waals surface area (Å²) in [6.07, 6.45) is 1.06. The van der Waals surface area contributed by atoms with Crippen molar-refractivity contribution in [3.05, 3.63) is 28.8 Å². The van der Waals surface area contributed by atoms with Gasteiger partial charge >= 0.3 is 0 Å². The Bertz CT molecular complexity index is 728. The molecule has 9 heteroatoms. The van der Waals surface area contributed by atoms with E-state index in [1.54, 1.807) is 0 Å². The van der Waals surface area contributed by atoms with Gasteiger partial charge in [0.15, 0.2) is 9.84 Å². The third-order valence-corrected chi connectivity index (χ3v) is 7.15. The molecule has 0 amide bonds. The lowest BCUT2D eigenvalue weighted by Crippen LogP contribution is -2.43. The van der Waals surface area contributed by atoms with Crippen molar-refractivity contribution < 1.29 is 16.8 Å². The average Bonchev–Trinajstić information content (AvgIpc) is 2.35. The molecular formula is C12H19ClN2O4S2. The Morgan fingerprint density at radius 1 is 1.24 bits per heavy atom. The van der Waals surface area contributed by atoms with E-state index in [1.807, 2.05) is 0 Å². The van der Waals surface area contributed by atoms with Crippen molar-refractivity contribution in [2.45, 2.75) is 30.0 Å². The van der Waals surface area contributed by atoms with Crippen LogP contribution in [0.25, 0.3) is 0 Å². The second-order valence-electron chi connectivity index (χ2n) is 5.31. The maximum Gasteiger partial charge on any atom is 0.240 e. The number of sulfone groups is 1. The summed E-state index contributed by atoms with van der Waals surface area (Å²) in [5.74, 6) is 0. The third-order valence-electron chi connectivity index (χ3n) is 3.25. The summed E-state index contributed by atoms with van der Waals surface area (Å²) >= 11 is 5.93. The fourth-order valence-corrected chi connectivity index (χ4v) is 3.33. The third kappa shape index (κ3) is 4.40. The highest BCUT2D eigenvalue weighted by molar-refractivity contribution is 7.92. The number of benzene rings is 1. The van der Waals surface area contributed by atoms with Crippen LogP contribution in [-0.2, 0) is 26.4 Å². The number of nitrogens with one attached hydrogen (secondary N) is 1. The maximum atomic E-state index is 12.2. The molecule has 0 aliphatic rings. The van der Waals surface area contributed by atoms with Crippen LogP contribution >= 0.6 is 11.6 Å². The predicted molar refractivity (Wildman–Crippen MR) is 83.5 cm³/mol. The number of rotatable bonds is 6. The molecule has 6 nitrogen and oxygen atoms in total. The van der Waals surface area contributed by atoms with Crippen molar-refractivity contribution in [3.63, 3.8) is 0 Å². The molecule has 0 fully saturated rings. The first-order valence-electron chi connectivity index (χ1n) is 6.08. The van der Waals surface area contributed by atoms with Crippen LogP contribution in [0.5, 0.6) is 0 Å². The van der Waals surface area contributed by atoms with Crippen LogP contribution in [0, 0.1) is 0 Å². The minimum absolute atomic E-state index is 0.0333. The van der Waals surface area contributed by atoms with Gasteiger partial charge in [0.1, 0.15) is 0 Å². The van der Waals surface area contributed by atoms with E-state index < -0.39 is 24.6 Å². The molecule has 21 heavy (non-hydrogen) atoms. The quantitative estimate of drug-likeness (QED) is 0.789. The van der Waals surface area contributed by atoms with Gasteiger partial charge in [0.05, 0.1) is 9.64 Å². The summed E-state index contributed by atoms with van der Waals surface area (Å²) in [7, 11) is -7.24. The summed E-state index contributed by atoms with van der Waals surface area (Å²) in [4.78, 5) is -0.0333. The second-order valence-corrected chi connectivity index (χ2v) is 10.1. The minimum atomic E-state index is -3.84. The van der Waals surface area contributed by atoms with Crippen LogP contribution in [0.1, 0.15) is 19.4 Å². The summed E-state index contributed by atoms with van der Waals surface area (Å²) in [5.41, 5.74) is 6.09. The predicted octanol–water partition coefficient (Wildman–Crippen LogP) is 0.900. The lowest BCUT2D eigenvalue weighted by molar-refractivity contribution is 0.537. The van der Waals surface area contributed by atoms with Gasteiger partial charge in [-0.1, -0.05) is 17.7 Å². The molecule has 0 aliphatic heterocycles. The summed E-state index contributed by atoms with van der Waals surface area (Å²) in [6.45, 7) is 2.88. The fraction of sp³-hybridized carbons (Fsp3) is 0.500. The van der Waals surface area contributed by atoms with E-state index in [-0.39, 0.29) is 23.0 Å². The molecule has 0 saturated carbocycles. The van der Waals surface area contributed by atoms with Gasteiger partial charge in [-0.25, -0.2) is 21.6 Å². The van der Waals surface area contributed by atoms with Gasteiger partial charge in [-0.15, -0.1) is 0 Å². The van der Waals surface area contributed by atoms with Crippen LogP contribution in [-0.4, -0.2) is 34.4 Å². The molecule has 1 aromatic rings. The van der Waals surface area contributed by atoms with Gasteiger partial charge < -0.3 is 5.73 Å². The van der Waals surface area contributed by atoms with Crippen molar-refractivity contribution in [1.82, 2.24) is 4.72 Å². The lowest BCUT2D eigenvalue weighted by atomic mass is 10.2. The Kier molecular flexibility index (Phi) is 5.44. The van der Waals surface area contributed by atoms with E-state index >= 15 is 0 Å². The summed E-state index contributed by atoms with van der Waals surface area (Å²) in [5, 5.41) is 0.253. The number of sulfonamides is 1. The lowest BCUT2D eigenvalue weighted by Gasteiger charge is -2.22. The first-order chi connectivity index (χ1) is 9.40. The van der Waals surface area contributed by atoms with Crippen LogP contribution in [0.3, 0.4) is 0 Å². The number of hydrogen-bond donors (Lipinski definition) is 2. The number of halogens is 1. The van der Waals surface area contributed by atoms with Gasteiger partial charge in [0.2, 0.25) is 10.0 Å². The van der Waals surface area contributed by atoms with Gasteiger partial charge in [0.25, 0.3) is 0 Å². The standard InChI is InChI=1S/C12H19ClN2O4S2/c1-12(2,20(3,16)17)8-15-21(18,19)10-5-4-9(7-14)11(13)6-10/h4-6,15H,7-8,14H2,1-3H3. The second kappa shape index (κ2) is 6.21. The zero-order valence-electron chi connectivity index (χ0n) is 12.1. The summed E-state index contributed by atoms with van der Waals surface area (Å²) < 4.78 is 48.6. The highest BCUT2D eigenvalue weighted by Gasteiger charge is 2.32. The average molecular weight is 355 g/mol. The first kappa shape index (κ1) is 18.4.